The second-order valence-corrected chi connectivity index (χ2v) is 10.9. The lowest BCUT2D eigenvalue weighted by Crippen LogP contribution is -2.45. The van der Waals surface area contributed by atoms with Crippen molar-refractivity contribution in [1.82, 2.24) is 4.31 Å². The molecule has 0 saturated carbocycles. The highest BCUT2D eigenvalue weighted by atomic mass is 127. The standard InChI is InChI=1S/C20H23IN2O3S2/c1-3-17-13-27-11-10-23(17)28(25,26)18-8-6-16(7-9-18)22-20(24)15-5-4-14(2)19(21)12-15/h4-9,12,17H,3,10-11,13H2,1-2H3,(H,22,24). The quantitative estimate of drug-likeness (QED) is 0.584. The fraction of sp³-hybridized carbons (Fsp3) is 0.350. The SMILES string of the molecule is CCC1CSCCN1S(=O)(=O)c1ccc(NC(=O)c2ccc(C)c(I)c2)cc1. The average molecular weight is 530 g/mol. The largest absolute Gasteiger partial charge is 0.322 e. The van der Waals surface area contributed by atoms with Gasteiger partial charge in [0.2, 0.25) is 10.0 Å². The summed E-state index contributed by atoms with van der Waals surface area (Å²) in [5, 5.41) is 2.83. The number of rotatable bonds is 5. The molecule has 28 heavy (non-hydrogen) atoms. The first-order valence-corrected chi connectivity index (χ1v) is 12.8. The Morgan fingerprint density at radius 1 is 1.25 bits per heavy atom. The van der Waals surface area contributed by atoms with Gasteiger partial charge in [-0.3, -0.25) is 4.79 Å². The number of hydrogen-bond donors (Lipinski definition) is 1. The van der Waals surface area contributed by atoms with Crippen LogP contribution in [0.5, 0.6) is 0 Å². The number of hydrogen-bond acceptors (Lipinski definition) is 4. The van der Waals surface area contributed by atoms with Crippen LogP contribution in [-0.2, 0) is 10.0 Å². The van der Waals surface area contributed by atoms with E-state index in [0.29, 0.717) is 17.8 Å². The predicted molar refractivity (Wildman–Crippen MR) is 124 cm³/mol. The molecule has 1 N–H and O–H groups in total. The van der Waals surface area contributed by atoms with Crippen LogP contribution in [0.4, 0.5) is 5.69 Å². The molecule has 1 saturated heterocycles. The number of carbonyl (C=O) groups excluding carboxylic acids is 1. The third kappa shape index (κ3) is 4.72. The van der Waals surface area contributed by atoms with Crippen LogP contribution in [0.25, 0.3) is 0 Å². The van der Waals surface area contributed by atoms with E-state index in [4.69, 9.17) is 0 Å². The monoisotopic (exact) mass is 530 g/mol. The fourth-order valence-electron chi connectivity index (χ4n) is 3.06. The summed E-state index contributed by atoms with van der Waals surface area (Å²) in [6.45, 7) is 4.55. The van der Waals surface area contributed by atoms with Gasteiger partial charge < -0.3 is 5.32 Å². The first-order chi connectivity index (χ1) is 13.3. The molecule has 1 unspecified atom stereocenters. The molecule has 3 rings (SSSR count). The summed E-state index contributed by atoms with van der Waals surface area (Å²) < 4.78 is 28.7. The maximum atomic E-state index is 13.0. The number of thioether (sulfide) groups is 1. The Morgan fingerprint density at radius 2 is 1.96 bits per heavy atom. The lowest BCUT2D eigenvalue weighted by Gasteiger charge is -2.33. The number of nitrogens with one attached hydrogen (secondary N) is 1. The van der Waals surface area contributed by atoms with Gasteiger partial charge in [-0.15, -0.1) is 0 Å². The van der Waals surface area contributed by atoms with Crippen molar-refractivity contribution in [3.05, 3.63) is 57.2 Å². The molecular weight excluding hydrogens is 507 g/mol. The average Bonchev–Trinajstić information content (AvgIpc) is 2.70. The van der Waals surface area contributed by atoms with Crippen molar-refractivity contribution in [1.29, 1.82) is 0 Å². The zero-order chi connectivity index (χ0) is 20.3. The highest BCUT2D eigenvalue weighted by Gasteiger charge is 2.32. The summed E-state index contributed by atoms with van der Waals surface area (Å²) in [4.78, 5) is 12.7. The molecule has 1 atom stereocenters. The third-order valence-corrected chi connectivity index (χ3v) is 9.02. The molecule has 0 bridgehead atoms. The van der Waals surface area contributed by atoms with Crippen LogP contribution in [0.15, 0.2) is 47.4 Å². The van der Waals surface area contributed by atoms with Gasteiger partial charge in [-0.2, -0.15) is 16.1 Å². The molecule has 1 heterocycles. The molecular formula is C20H23IN2O3S2. The minimum atomic E-state index is -3.52. The van der Waals surface area contributed by atoms with Gasteiger partial charge in [0, 0.05) is 38.9 Å². The molecule has 0 aromatic heterocycles. The van der Waals surface area contributed by atoms with Gasteiger partial charge in [-0.05, 0) is 77.9 Å². The lowest BCUT2D eigenvalue weighted by atomic mass is 10.1. The molecule has 0 aliphatic carbocycles. The maximum Gasteiger partial charge on any atom is 0.255 e. The number of aryl methyl sites for hydroxylation is 1. The van der Waals surface area contributed by atoms with Crippen molar-refractivity contribution in [2.24, 2.45) is 0 Å². The van der Waals surface area contributed by atoms with Crippen molar-refractivity contribution in [2.75, 3.05) is 23.4 Å². The summed E-state index contributed by atoms with van der Waals surface area (Å²) in [7, 11) is -3.52. The molecule has 2 aromatic carbocycles. The number of amides is 1. The van der Waals surface area contributed by atoms with Crippen molar-refractivity contribution in [2.45, 2.75) is 31.2 Å². The van der Waals surface area contributed by atoms with E-state index < -0.39 is 10.0 Å². The highest BCUT2D eigenvalue weighted by Crippen LogP contribution is 2.27. The Labute approximate surface area is 184 Å². The molecule has 2 aromatic rings. The number of benzene rings is 2. The first-order valence-electron chi connectivity index (χ1n) is 9.10. The van der Waals surface area contributed by atoms with Crippen LogP contribution in [-0.4, -0.2) is 42.7 Å². The van der Waals surface area contributed by atoms with Crippen LogP contribution in [0, 0.1) is 10.5 Å². The number of sulfonamides is 1. The Hall–Kier alpha value is -1.10. The van der Waals surface area contributed by atoms with Gasteiger partial charge >= 0.3 is 0 Å². The normalized spacial score (nSPS) is 18.0. The van der Waals surface area contributed by atoms with Crippen LogP contribution < -0.4 is 5.32 Å². The molecule has 8 heteroatoms. The first kappa shape index (κ1) is 21.6. The smallest absolute Gasteiger partial charge is 0.255 e. The van der Waals surface area contributed by atoms with Crippen LogP contribution in [0.3, 0.4) is 0 Å². The van der Waals surface area contributed by atoms with Gasteiger partial charge in [-0.1, -0.05) is 13.0 Å². The number of nitrogens with zero attached hydrogens (tertiary/aromatic N) is 1. The van der Waals surface area contributed by atoms with E-state index in [1.807, 2.05) is 26.0 Å². The zero-order valence-electron chi connectivity index (χ0n) is 15.8. The lowest BCUT2D eigenvalue weighted by molar-refractivity contribution is 0.102. The van der Waals surface area contributed by atoms with E-state index >= 15 is 0 Å². The fourth-order valence-corrected chi connectivity index (χ4v) is 6.66. The van der Waals surface area contributed by atoms with E-state index in [-0.39, 0.29) is 16.8 Å². The van der Waals surface area contributed by atoms with Gasteiger partial charge in [0.15, 0.2) is 0 Å². The molecule has 5 nitrogen and oxygen atoms in total. The second kappa shape index (κ2) is 9.15. The predicted octanol–water partition coefficient (Wildman–Crippen LogP) is 4.37. The summed E-state index contributed by atoms with van der Waals surface area (Å²) in [5.74, 6) is 1.44. The Balaban J connectivity index is 1.75. The van der Waals surface area contributed by atoms with Crippen LogP contribution in [0.2, 0.25) is 0 Å². The van der Waals surface area contributed by atoms with Gasteiger partial charge in [0.1, 0.15) is 0 Å². The van der Waals surface area contributed by atoms with E-state index in [1.165, 1.54) is 0 Å². The van der Waals surface area contributed by atoms with E-state index in [9.17, 15) is 13.2 Å². The zero-order valence-corrected chi connectivity index (χ0v) is 19.6. The third-order valence-electron chi connectivity index (χ3n) is 4.80. The van der Waals surface area contributed by atoms with Gasteiger partial charge in [-0.25, -0.2) is 8.42 Å². The van der Waals surface area contributed by atoms with Crippen molar-refractivity contribution < 1.29 is 13.2 Å². The van der Waals surface area contributed by atoms with Gasteiger partial charge in [0.05, 0.1) is 4.90 Å². The van der Waals surface area contributed by atoms with Crippen molar-refractivity contribution >= 4 is 56.0 Å². The maximum absolute atomic E-state index is 13.0. The molecule has 0 spiro atoms. The number of anilines is 1. The summed E-state index contributed by atoms with van der Waals surface area (Å²) in [6, 6.07) is 12.0. The Bertz CT molecular complexity index is 962. The van der Waals surface area contributed by atoms with Crippen LogP contribution >= 0.6 is 34.4 Å². The molecule has 1 aliphatic heterocycles. The molecule has 1 amide bonds. The van der Waals surface area contributed by atoms with E-state index in [2.05, 4.69) is 27.9 Å². The van der Waals surface area contributed by atoms with Gasteiger partial charge in [0.25, 0.3) is 5.91 Å². The number of carbonyl (C=O) groups is 1. The topological polar surface area (TPSA) is 66.5 Å². The number of halogens is 1. The minimum Gasteiger partial charge on any atom is -0.322 e. The van der Waals surface area contributed by atoms with E-state index in [1.54, 1.807) is 46.4 Å². The molecule has 150 valence electrons. The Kier molecular flexibility index (Phi) is 7.06. The van der Waals surface area contributed by atoms with Crippen molar-refractivity contribution in [3.63, 3.8) is 0 Å². The highest BCUT2D eigenvalue weighted by molar-refractivity contribution is 14.1. The summed E-state index contributed by atoms with van der Waals surface area (Å²) in [6.07, 6.45) is 0.801. The van der Waals surface area contributed by atoms with Crippen LogP contribution in [0.1, 0.15) is 29.3 Å². The summed E-state index contributed by atoms with van der Waals surface area (Å²) in [5.41, 5.74) is 2.26. The minimum absolute atomic E-state index is 0.0344. The molecule has 1 aliphatic rings. The van der Waals surface area contributed by atoms with Crippen molar-refractivity contribution in [3.8, 4) is 0 Å². The second-order valence-electron chi connectivity index (χ2n) is 6.70. The Morgan fingerprint density at radius 3 is 2.61 bits per heavy atom. The summed E-state index contributed by atoms with van der Waals surface area (Å²) >= 11 is 4.00. The van der Waals surface area contributed by atoms with E-state index in [0.717, 1.165) is 27.1 Å². The molecule has 0 radical (unpaired) electrons. The molecule has 1 fully saturated rings.